The number of hydrogen-bond acceptors (Lipinski definition) is 3. The van der Waals surface area contributed by atoms with E-state index in [1.807, 2.05) is 32.0 Å². The van der Waals surface area contributed by atoms with Crippen LogP contribution in [0, 0.1) is 13.8 Å². The molecular formula is C15H15ClN2O2. The highest BCUT2D eigenvalue weighted by atomic mass is 35.5. The highest BCUT2D eigenvalue weighted by Gasteiger charge is 2.07. The van der Waals surface area contributed by atoms with Crippen molar-refractivity contribution in [3.05, 3.63) is 52.7 Å². The highest BCUT2D eigenvalue weighted by molar-refractivity contribution is 6.32. The molecule has 0 bridgehead atoms. The number of aryl methyl sites for hydroxylation is 2. The number of benzene rings is 1. The molecule has 0 atom stereocenters. The van der Waals surface area contributed by atoms with Crippen LogP contribution in [0.4, 0.5) is 5.82 Å². The molecule has 1 amide bonds. The molecule has 1 aromatic carbocycles. The lowest BCUT2D eigenvalue weighted by atomic mass is 10.2. The maximum absolute atomic E-state index is 11.8. The van der Waals surface area contributed by atoms with Gasteiger partial charge in [-0.2, -0.15) is 0 Å². The quantitative estimate of drug-likeness (QED) is 0.939. The number of rotatable bonds is 4. The summed E-state index contributed by atoms with van der Waals surface area (Å²) in [5.41, 5.74) is 1.86. The van der Waals surface area contributed by atoms with Crippen molar-refractivity contribution < 1.29 is 9.53 Å². The summed E-state index contributed by atoms with van der Waals surface area (Å²) in [5, 5.41) is 3.15. The van der Waals surface area contributed by atoms with E-state index in [0.717, 1.165) is 11.3 Å². The van der Waals surface area contributed by atoms with Crippen molar-refractivity contribution in [2.45, 2.75) is 13.8 Å². The first-order valence-electron chi connectivity index (χ1n) is 6.17. The van der Waals surface area contributed by atoms with Gasteiger partial charge >= 0.3 is 0 Å². The van der Waals surface area contributed by atoms with Crippen LogP contribution >= 0.6 is 11.6 Å². The minimum atomic E-state index is -0.277. The third-order valence-electron chi connectivity index (χ3n) is 2.60. The number of carbonyl (C=O) groups is 1. The maximum Gasteiger partial charge on any atom is 0.263 e. The second-order valence-electron chi connectivity index (χ2n) is 4.43. The molecule has 5 heteroatoms. The van der Waals surface area contributed by atoms with E-state index in [1.165, 1.54) is 0 Å². The molecule has 0 radical (unpaired) electrons. The Morgan fingerprint density at radius 2 is 2.10 bits per heavy atom. The van der Waals surface area contributed by atoms with Gasteiger partial charge in [-0.1, -0.05) is 23.7 Å². The topological polar surface area (TPSA) is 51.2 Å². The van der Waals surface area contributed by atoms with Crippen LogP contribution in [0.3, 0.4) is 0 Å². The van der Waals surface area contributed by atoms with Crippen molar-refractivity contribution in [1.29, 1.82) is 0 Å². The van der Waals surface area contributed by atoms with Gasteiger partial charge in [0.1, 0.15) is 11.6 Å². The minimum Gasteiger partial charge on any atom is -0.482 e. The zero-order valence-corrected chi connectivity index (χ0v) is 12.1. The predicted molar refractivity (Wildman–Crippen MR) is 79.3 cm³/mol. The fourth-order valence-electron chi connectivity index (χ4n) is 1.66. The van der Waals surface area contributed by atoms with Crippen LogP contribution in [-0.4, -0.2) is 17.5 Å². The summed E-state index contributed by atoms with van der Waals surface area (Å²) < 4.78 is 5.41. The molecule has 2 rings (SSSR count). The number of aromatic nitrogens is 1. The maximum atomic E-state index is 11.8. The summed E-state index contributed by atoms with van der Waals surface area (Å²) >= 11 is 5.99. The van der Waals surface area contributed by atoms with Gasteiger partial charge < -0.3 is 10.1 Å². The normalized spacial score (nSPS) is 10.2. The first-order valence-corrected chi connectivity index (χ1v) is 6.55. The number of halogens is 1. The molecule has 0 saturated carbocycles. The van der Waals surface area contributed by atoms with Gasteiger partial charge in [-0.25, -0.2) is 4.98 Å². The Morgan fingerprint density at radius 1 is 1.30 bits per heavy atom. The Labute approximate surface area is 122 Å². The number of nitrogens with zero attached hydrogens (tertiary/aromatic N) is 1. The molecule has 2 aromatic rings. The molecule has 0 fully saturated rings. The first kappa shape index (κ1) is 14.3. The average molecular weight is 291 g/mol. The Kier molecular flexibility index (Phi) is 4.58. The summed E-state index contributed by atoms with van der Waals surface area (Å²) in [6.07, 6.45) is 0. The van der Waals surface area contributed by atoms with Crippen LogP contribution < -0.4 is 10.1 Å². The van der Waals surface area contributed by atoms with E-state index in [-0.39, 0.29) is 12.5 Å². The van der Waals surface area contributed by atoms with Crippen molar-refractivity contribution >= 4 is 23.3 Å². The van der Waals surface area contributed by atoms with Gasteiger partial charge in [0.05, 0.1) is 5.02 Å². The van der Waals surface area contributed by atoms with Crippen LogP contribution in [0.2, 0.25) is 5.02 Å². The van der Waals surface area contributed by atoms with Gasteiger partial charge in [-0.15, -0.1) is 0 Å². The number of hydrogen-bond donors (Lipinski definition) is 1. The zero-order valence-electron chi connectivity index (χ0n) is 11.3. The Morgan fingerprint density at radius 3 is 2.85 bits per heavy atom. The summed E-state index contributed by atoms with van der Waals surface area (Å²) in [6.45, 7) is 3.68. The van der Waals surface area contributed by atoms with Crippen LogP contribution in [0.25, 0.3) is 0 Å². The largest absolute Gasteiger partial charge is 0.482 e. The van der Waals surface area contributed by atoms with Crippen molar-refractivity contribution in [3.63, 3.8) is 0 Å². The van der Waals surface area contributed by atoms with Crippen molar-refractivity contribution in [1.82, 2.24) is 4.98 Å². The fraction of sp³-hybridized carbons (Fsp3) is 0.200. The lowest BCUT2D eigenvalue weighted by molar-refractivity contribution is -0.118. The van der Waals surface area contributed by atoms with Crippen LogP contribution in [0.15, 0.2) is 36.4 Å². The van der Waals surface area contributed by atoms with Gasteiger partial charge in [0.2, 0.25) is 0 Å². The van der Waals surface area contributed by atoms with Gasteiger partial charge in [0.25, 0.3) is 5.91 Å². The lowest BCUT2D eigenvalue weighted by Crippen LogP contribution is -2.21. The molecule has 0 saturated heterocycles. The first-order chi connectivity index (χ1) is 9.54. The number of carbonyl (C=O) groups excluding carboxylic acids is 1. The molecule has 104 valence electrons. The molecule has 0 aliphatic rings. The average Bonchev–Trinajstić information content (AvgIpc) is 2.40. The smallest absolute Gasteiger partial charge is 0.263 e. The minimum absolute atomic E-state index is 0.112. The lowest BCUT2D eigenvalue weighted by Gasteiger charge is -2.09. The number of ether oxygens (including phenoxy) is 1. The van der Waals surface area contributed by atoms with Crippen molar-refractivity contribution in [3.8, 4) is 5.75 Å². The standard InChI is InChI=1S/C15H15ClN2O2/c1-10-6-7-12(16)13(8-10)20-9-15(19)18-14-5-3-4-11(2)17-14/h3-8H,9H2,1-2H3,(H,17,18,19). The molecular weight excluding hydrogens is 276 g/mol. The van der Waals surface area contributed by atoms with Gasteiger partial charge in [0, 0.05) is 5.69 Å². The van der Waals surface area contributed by atoms with E-state index < -0.39 is 0 Å². The van der Waals surface area contributed by atoms with Crippen molar-refractivity contribution in [2.75, 3.05) is 11.9 Å². The van der Waals surface area contributed by atoms with E-state index in [4.69, 9.17) is 16.3 Å². The van der Waals surface area contributed by atoms with E-state index >= 15 is 0 Å². The molecule has 0 unspecified atom stereocenters. The summed E-state index contributed by atoms with van der Waals surface area (Å²) in [4.78, 5) is 16.0. The van der Waals surface area contributed by atoms with E-state index in [0.29, 0.717) is 16.6 Å². The Hall–Kier alpha value is -2.07. The third kappa shape index (κ3) is 3.96. The van der Waals surface area contributed by atoms with Gasteiger partial charge in [-0.3, -0.25) is 4.79 Å². The molecule has 1 N–H and O–H groups in total. The SMILES string of the molecule is Cc1ccc(Cl)c(OCC(=O)Nc2cccc(C)n2)c1. The summed E-state index contributed by atoms with van der Waals surface area (Å²) in [6, 6.07) is 10.8. The monoisotopic (exact) mass is 290 g/mol. The third-order valence-corrected chi connectivity index (χ3v) is 2.91. The molecule has 0 aliphatic carbocycles. The fourth-order valence-corrected chi connectivity index (χ4v) is 1.83. The Balaban J connectivity index is 1.94. The molecule has 1 aromatic heterocycles. The van der Waals surface area contributed by atoms with E-state index in [1.54, 1.807) is 18.2 Å². The molecule has 20 heavy (non-hydrogen) atoms. The number of nitrogens with one attached hydrogen (secondary N) is 1. The highest BCUT2D eigenvalue weighted by Crippen LogP contribution is 2.25. The molecule has 1 heterocycles. The van der Waals surface area contributed by atoms with Crippen molar-refractivity contribution in [2.24, 2.45) is 0 Å². The summed E-state index contributed by atoms with van der Waals surface area (Å²) in [5.74, 6) is 0.730. The second kappa shape index (κ2) is 6.39. The predicted octanol–water partition coefficient (Wildman–Crippen LogP) is 3.37. The number of pyridine rings is 1. The van der Waals surface area contributed by atoms with Gasteiger partial charge in [-0.05, 0) is 43.7 Å². The molecule has 0 spiro atoms. The van der Waals surface area contributed by atoms with E-state index in [9.17, 15) is 4.79 Å². The zero-order chi connectivity index (χ0) is 14.5. The van der Waals surface area contributed by atoms with Crippen LogP contribution in [0.1, 0.15) is 11.3 Å². The molecule has 4 nitrogen and oxygen atoms in total. The van der Waals surface area contributed by atoms with Gasteiger partial charge in [0.15, 0.2) is 6.61 Å². The van der Waals surface area contributed by atoms with Crippen LogP contribution in [0.5, 0.6) is 5.75 Å². The Bertz CT molecular complexity index is 629. The van der Waals surface area contributed by atoms with Crippen LogP contribution in [-0.2, 0) is 4.79 Å². The number of anilines is 1. The molecule has 0 aliphatic heterocycles. The second-order valence-corrected chi connectivity index (χ2v) is 4.84. The van der Waals surface area contributed by atoms with E-state index in [2.05, 4.69) is 10.3 Å². The number of amides is 1. The summed E-state index contributed by atoms with van der Waals surface area (Å²) in [7, 11) is 0.